The van der Waals surface area contributed by atoms with Crippen LogP contribution < -0.4 is 4.80 Å². The molecule has 0 spiro atoms. The van der Waals surface area contributed by atoms with Crippen LogP contribution in [0.3, 0.4) is 0 Å². The number of esters is 1. The van der Waals surface area contributed by atoms with Gasteiger partial charge < -0.3 is 9.30 Å². The molecule has 0 N–H and O–H groups in total. The van der Waals surface area contributed by atoms with Gasteiger partial charge in [0.15, 0.2) is 4.80 Å². The number of rotatable bonds is 4. The van der Waals surface area contributed by atoms with Crippen LogP contribution in [0.1, 0.15) is 22.8 Å². The molecule has 0 saturated heterocycles. The Labute approximate surface area is 169 Å². The van der Waals surface area contributed by atoms with E-state index in [2.05, 4.69) is 4.99 Å². The monoisotopic (exact) mass is 422 g/mol. The molecular weight excluding hydrogens is 407 g/mol. The number of nitrogens with zero attached hydrogens (tertiary/aromatic N) is 2. The fourth-order valence-electron chi connectivity index (χ4n) is 2.56. The third kappa shape index (κ3) is 4.40. The van der Waals surface area contributed by atoms with Crippen LogP contribution in [0.4, 0.5) is 0 Å². The molecule has 3 rings (SSSR count). The number of thiazole rings is 1. The number of carbonyl (C=O) groups is 2. The Morgan fingerprint density at radius 3 is 2.70 bits per heavy atom. The first-order valence-corrected chi connectivity index (χ1v) is 9.76. The summed E-state index contributed by atoms with van der Waals surface area (Å²) in [6.45, 7) is 3.96. The molecule has 27 heavy (non-hydrogen) atoms. The maximum atomic E-state index is 12.7. The SMILES string of the molecule is CCOC(=O)Cn1c(=NC(=O)c2cc(Cl)ccc2Cl)sc2cc(C)ccc21. The number of ether oxygens (including phenoxy) is 1. The normalized spacial score (nSPS) is 11.8. The quantitative estimate of drug-likeness (QED) is 0.576. The summed E-state index contributed by atoms with van der Waals surface area (Å²) in [7, 11) is 0. The highest BCUT2D eigenvalue weighted by Gasteiger charge is 2.15. The van der Waals surface area contributed by atoms with Crippen LogP contribution in [-0.4, -0.2) is 23.1 Å². The summed E-state index contributed by atoms with van der Waals surface area (Å²) in [6.07, 6.45) is 0. The van der Waals surface area contributed by atoms with Crippen LogP contribution in [0.5, 0.6) is 0 Å². The molecule has 0 atom stereocenters. The highest BCUT2D eigenvalue weighted by Crippen LogP contribution is 2.22. The zero-order valence-corrected chi connectivity index (χ0v) is 17.0. The van der Waals surface area contributed by atoms with Gasteiger partial charge in [-0.25, -0.2) is 0 Å². The van der Waals surface area contributed by atoms with Gasteiger partial charge in [0, 0.05) is 5.02 Å². The molecule has 1 aromatic heterocycles. The van der Waals surface area contributed by atoms with E-state index in [0.717, 1.165) is 15.8 Å². The first kappa shape index (κ1) is 19.6. The molecular formula is C19H16Cl2N2O3S. The topological polar surface area (TPSA) is 60.7 Å². The van der Waals surface area contributed by atoms with E-state index < -0.39 is 11.9 Å². The largest absolute Gasteiger partial charge is 0.465 e. The van der Waals surface area contributed by atoms with E-state index in [4.69, 9.17) is 27.9 Å². The fraction of sp³-hybridized carbons (Fsp3) is 0.211. The lowest BCUT2D eigenvalue weighted by atomic mass is 10.2. The number of aromatic nitrogens is 1. The van der Waals surface area contributed by atoms with Gasteiger partial charge in [-0.1, -0.05) is 40.6 Å². The maximum Gasteiger partial charge on any atom is 0.326 e. The van der Waals surface area contributed by atoms with Crippen LogP contribution >= 0.6 is 34.5 Å². The minimum absolute atomic E-state index is 0.0354. The number of amides is 1. The molecule has 0 saturated carbocycles. The zero-order chi connectivity index (χ0) is 19.6. The molecule has 3 aromatic rings. The predicted octanol–water partition coefficient (Wildman–Crippen LogP) is 4.62. The molecule has 5 nitrogen and oxygen atoms in total. The fourth-order valence-corrected chi connectivity index (χ4v) is 4.06. The van der Waals surface area contributed by atoms with E-state index >= 15 is 0 Å². The Hall–Kier alpha value is -2.15. The maximum absolute atomic E-state index is 12.7. The second kappa shape index (κ2) is 8.25. The summed E-state index contributed by atoms with van der Waals surface area (Å²) in [5, 5.41) is 0.659. The number of carbonyl (C=O) groups excluding carboxylic acids is 2. The second-order valence-electron chi connectivity index (χ2n) is 5.79. The summed E-state index contributed by atoms with van der Waals surface area (Å²) in [5.41, 5.74) is 2.09. The summed E-state index contributed by atoms with van der Waals surface area (Å²) in [5.74, 6) is -0.921. The highest BCUT2D eigenvalue weighted by atomic mass is 35.5. The number of halogens is 2. The molecule has 140 valence electrons. The lowest BCUT2D eigenvalue weighted by molar-refractivity contribution is -0.143. The van der Waals surface area contributed by atoms with E-state index in [1.165, 1.54) is 17.4 Å². The third-order valence-corrected chi connectivity index (χ3v) is 5.39. The van der Waals surface area contributed by atoms with Crippen molar-refractivity contribution in [2.75, 3.05) is 6.61 Å². The van der Waals surface area contributed by atoms with E-state index in [1.54, 1.807) is 23.6 Å². The van der Waals surface area contributed by atoms with Gasteiger partial charge in [0.25, 0.3) is 5.91 Å². The molecule has 0 unspecified atom stereocenters. The summed E-state index contributed by atoms with van der Waals surface area (Å²) >= 11 is 13.4. The molecule has 2 aromatic carbocycles. The minimum atomic E-state index is -0.525. The van der Waals surface area contributed by atoms with Gasteiger partial charge >= 0.3 is 5.97 Å². The number of aryl methyl sites for hydroxylation is 1. The van der Waals surface area contributed by atoms with Crippen molar-refractivity contribution >= 4 is 56.6 Å². The third-order valence-electron chi connectivity index (χ3n) is 3.79. The van der Waals surface area contributed by atoms with Crippen LogP contribution in [0.2, 0.25) is 10.0 Å². The Bertz CT molecular complexity index is 1100. The van der Waals surface area contributed by atoms with Gasteiger partial charge in [-0.3, -0.25) is 9.59 Å². The summed E-state index contributed by atoms with van der Waals surface area (Å²) in [4.78, 5) is 29.3. The lowest BCUT2D eigenvalue weighted by Gasteiger charge is -2.05. The van der Waals surface area contributed by atoms with E-state index in [9.17, 15) is 9.59 Å². The second-order valence-corrected chi connectivity index (χ2v) is 7.64. The lowest BCUT2D eigenvalue weighted by Crippen LogP contribution is -2.23. The first-order chi connectivity index (χ1) is 12.9. The van der Waals surface area contributed by atoms with Crippen LogP contribution in [0, 0.1) is 6.92 Å². The zero-order valence-electron chi connectivity index (χ0n) is 14.7. The number of benzene rings is 2. The van der Waals surface area contributed by atoms with Crippen LogP contribution in [0.15, 0.2) is 41.4 Å². The number of hydrogen-bond donors (Lipinski definition) is 0. The molecule has 0 fully saturated rings. The first-order valence-electron chi connectivity index (χ1n) is 8.18. The predicted molar refractivity (Wildman–Crippen MR) is 108 cm³/mol. The van der Waals surface area contributed by atoms with Gasteiger partial charge in [0.05, 0.1) is 27.4 Å². The van der Waals surface area contributed by atoms with Crippen molar-refractivity contribution in [2.24, 2.45) is 4.99 Å². The van der Waals surface area contributed by atoms with Crippen molar-refractivity contribution in [1.82, 2.24) is 4.57 Å². The van der Waals surface area contributed by atoms with Gasteiger partial charge in [0.1, 0.15) is 6.54 Å². The molecule has 1 amide bonds. The average Bonchev–Trinajstić information content (AvgIpc) is 2.93. The Kier molecular flexibility index (Phi) is 5.99. The van der Waals surface area contributed by atoms with Gasteiger partial charge in [0.2, 0.25) is 0 Å². The van der Waals surface area contributed by atoms with Crippen LogP contribution in [0.25, 0.3) is 10.2 Å². The van der Waals surface area contributed by atoms with Gasteiger partial charge in [-0.15, -0.1) is 0 Å². The van der Waals surface area contributed by atoms with Gasteiger partial charge in [-0.05, 0) is 49.7 Å². The molecule has 0 radical (unpaired) electrons. The van der Waals surface area contributed by atoms with Gasteiger partial charge in [-0.2, -0.15) is 4.99 Å². The van der Waals surface area contributed by atoms with Crippen molar-refractivity contribution in [3.63, 3.8) is 0 Å². The molecule has 0 aliphatic heterocycles. The van der Waals surface area contributed by atoms with Crippen LogP contribution in [-0.2, 0) is 16.1 Å². The molecule has 0 aliphatic rings. The Morgan fingerprint density at radius 1 is 1.19 bits per heavy atom. The van der Waals surface area contributed by atoms with Crippen molar-refractivity contribution in [2.45, 2.75) is 20.4 Å². The standard InChI is InChI=1S/C19H16Cl2N2O3S/c1-3-26-17(24)10-23-15-7-4-11(2)8-16(15)27-19(23)22-18(25)13-9-12(20)5-6-14(13)21/h4-9H,3,10H2,1-2H3. The van der Waals surface area contributed by atoms with E-state index in [0.29, 0.717) is 9.82 Å². The number of hydrogen-bond acceptors (Lipinski definition) is 4. The smallest absolute Gasteiger partial charge is 0.326 e. The van der Waals surface area contributed by atoms with Crippen molar-refractivity contribution in [3.05, 3.63) is 62.4 Å². The van der Waals surface area contributed by atoms with E-state index in [1.807, 2.05) is 25.1 Å². The van der Waals surface area contributed by atoms with Crippen molar-refractivity contribution in [3.8, 4) is 0 Å². The van der Waals surface area contributed by atoms with Crippen molar-refractivity contribution in [1.29, 1.82) is 0 Å². The van der Waals surface area contributed by atoms with Crippen molar-refractivity contribution < 1.29 is 14.3 Å². The highest BCUT2D eigenvalue weighted by molar-refractivity contribution is 7.16. The molecule has 1 heterocycles. The Balaban J connectivity index is 2.14. The number of fused-ring (bicyclic) bond motifs is 1. The van der Waals surface area contributed by atoms with E-state index in [-0.39, 0.29) is 23.7 Å². The summed E-state index contributed by atoms with van der Waals surface area (Å²) < 4.78 is 7.64. The molecule has 8 heteroatoms. The molecule has 0 aliphatic carbocycles. The average molecular weight is 423 g/mol. The Morgan fingerprint density at radius 2 is 1.96 bits per heavy atom. The molecule has 0 bridgehead atoms. The summed E-state index contributed by atoms with van der Waals surface area (Å²) in [6, 6.07) is 10.4. The minimum Gasteiger partial charge on any atom is -0.465 e.